The zero-order valence-electron chi connectivity index (χ0n) is 7.73. The minimum absolute atomic E-state index is 0.0937. The lowest BCUT2D eigenvalue weighted by atomic mass is 10.4. The largest absolute Gasteiger partial charge is 0.475 e. The van der Waals surface area contributed by atoms with Crippen LogP contribution in [0, 0.1) is 11.3 Å². The Labute approximate surface area is 81.2 Å². The Bertz CT molecular complexity index is 364. The molecule has 0 atom stereocenters. The number of nitriles is 1. The van der Waals surface area contributed by atoms with Crippen molar-refractivity contribution >= 4 is 11.9 Å². The Morgan fingerprint density at radius 1 is 1.71 bits per heavy atom. The molecule has 1 rings (SSSR count). The molecule has 14 heavy (non-hydrogen) atoms. The van der Waals surface area contributed by atoms with Gasteiger partial charge in [0.1, 0.15) is 0 Å². The third kappa shape index (κ3) is 2.26. The van der Waals surface area contributed by atoms with Crippen molar-refractivity contribution in [2.24, 2.45) is 0 Å². The molecule has 0 unspecified atom stereocenters. The van der Waals surface area contributed by atoms with E-state index < -0.39 is 5.97 Å². The Hall–Kier alpha value is -1.96. The van der Waals surface area contributed by atoms with Crippen molar-refractivity contribution < 1.29 is 14.3 Å². The highest BCUT2D eigenvalue weighted by Gasteiger charge is 2.11. The quantitative estimate of drug-likeness (QED) is 0.782. The molecule has 74 valence electrons. The SMILES string of the molecule is CN(CCC#N)c1ccc(C(=O)O)o1. The number of hydrogen-bond acceptors (Lipinski definition) is 4. The van der Waals surface area contributed by atoms with Crippen LogP contribution in [0.4, 0.5) is 5.88 Å². The smallest absolute Gasteiger partial charge is 0.371 e. The van der Waals surface area contributed by atoms with E-state index in [2.05, 4.69) is 0 Å². The molecule has 5 heteroatoms. The van der Waals surface area contributed by atoms with Crippen molar-refractivity contribution in [3.05, 3.63) is 17.9 Å². The first-order chi connectivity index (χ1) is 6.65. The van der Waals surface area contributed by atoms with Crippen molar-refractivity contribution in [2.45, 2.75) is 6.42 Å². The van der Waals surface area contributed by atoms with Crippen LogP contribution in [-0.4, -0.2) is 24.7 Å². The van der Waals surface area contributed by atoms with Gasteiger partial charge in [0.25, 0.3) is 0 Å². The van der Waals surface area contributed by atoms with Gasteiger partial charge in [-0.1, -0.05) is 0 Å². The molecule has 0 amide bonds. The first kappa shape index (κ1) is 10.1. The molecule has 0 spiro atoms. The summed E-state index contributed by atoms with van der Waals surface area (Å²) in [5.74, 6) is -0.730. The van der Waals surface area contributed by atoms with E-state index >= 15 is 0 Å². The summed E-state index contributed by atoms with van der Waals surface area (Å²) in [7, 11) is 1.74. The van der Waals surface area contributed by atoms with Crippen LogP contribution in [0.25, 0.3) is 0 Å². The standard InChI is InChI=1S/C9H10N2O3/c1-11(6-2-5-10)8-4-3-7(14-8)9(12)13/h3-4H,2,6H2,1H3,(H,12,13). The molecule has 1 heterocycles. The number of carboxylic acid groups (broad SMARTS) is 1. The van der Waals surface area contributed by atoms with Gasteiger partial charge in [-0.05, 0) is 6.07 Å². The van der Waals surface area contributed by atoms with Gasteiger partial charge in [0.15, 0.2) is 5.88 Å². The Morgan fingerprint density at radius 3 is 2.93 bits per heavy atom. The molecule has 0 saturated carbocycles. The van der Waals surface area contributed by atoms with Gasteiger partial charge >= 0.3 is 5.97 Å². The number of nitrogens with zero attached hydrogens (tertiary/aromatic N) is 2. The van der Waals surface area contributed by atoms with E-state index in [4.69, 9.17) is 14.8 Å². The number of anilines is 1. The molecule has 0 aliphatic heterocycles. The highest BCUT2D eigenvalue weighted by molar-refractivity contribution is 5.84. The first-order valence-electron chi connectivity index (χ1n) is 4.06. The maximum atomic E-state index is 10.5. The number of rotatable bonds is 4. The molecule has 0 bridgehead atoms. The number of carboxylic acids is 1. The van der Waals surface area contributed by atoms with Crippen molar-refractivity contribution in [3.8, 4) is 6.07 Å². The first-order valence-corrected chi connectivity index (χ1v) is 4.06. The van der Waals surface area contributed by atoms with Gasteiger partial charge in [0, 0.05) is 19.7 Å². The van der Waals surface area contributed by atoms with Crippen LogP contribution in [0.2, 0.25) is 0 Å². The summed E-state index contributed by atoms with van der Waals surface area (Å²) < 4.78 is 5.02. The topological polar surface area (TPSA) is 77.5 Å². The summed E-state index contributed by atoms with van der Waals surface area (Å²) in [6, 6.07) is 4.96. The second-order valence-electron chi connectivity index (χ2n) is 2.77. The maximum absolute atomic E-state index is 10.5. The molecule has 0 fully saturated rings. The molecule has 0 aliphatic carbocycles. The van der Waals surface area contributed by atoms with E-state index in [1.54, 1.807) is 18.0 Å². The molecule has 0 aliphatic rings. The fraction of sp³-hybridized carbons (Fsp3) is 0.333. The summed E-state index contributed by atoms with van der Waals surface area (Å²) >= 11 is 0. The van der Waals surface area contributed by atoms with E-state index in [0.717, 1.165) is 0 Å². The van der Waals surface area contributed by atoms with Crippen LogP contribution >= 0.6 is 0 Å². The van der Waals surface area contributed by atoms with Gasteiger partial charge in [0.05, 0.1) is 12.5 Å². The maximum Gasteiger partial charge on any atom is 0.371 e. The van der Waals surface area contributed by atoms with E-state index in [-0.39, 0.29) is 5.76 Å². The molecule has 1 aromatic heterocycles. The van der Waals surface area contributed by atoms with Gasteiger partial charge < -0.3 is 14.4 Å². The lowest BCUT2D eigenvalue weighted by Crippen LogP contribution is -2.17. The lowest BCUT2D eigenvalue weighted by Gasteiger charge is -2.12. The van der Waals surface area contributed by atoms with Crippen LogP contribution in [0.3, 0.4) is 0 Å². The monoisotopic (exact) mass is 194 g/mol. The normalized spacial score (nSPS) is 9.43. The van der Waals surface area contributed by atoms with Gasteiger partial charge in [-0.15, -0.1) is 0 Å². The molecule has 1 aromatic rings. The molecule has 1 N–H and O–H groups in total. The van der Waals surface area contributed by atoms with Crippen molar-refractivity contribution in [2.75, 3.05) is 18.5 Å². The summed E-state index contributed by atoms with van der Waals surface area (Å²) in [5, 5.41) is 16.9. The van der Waals surface area contributed by atoms with Crippen LogP contribution < -0.4 is 4.90 Å². The molecule has 5 nitrogen and oxygen atoms in total. The van der Waals surface area contributed by atoms with Gasteiger partial charge in [0.2, 0.25) is 5.76 Å². The molecule has 0 aromatic carbocycles. The minimum atomic E-state index is -1.09. The second-order valence-corrected chi connectivity index (χ2v) is 2.77. The Morgan fingerprint density at radius 2 is 2.43 bits per heavy atom. The molecular weight excluding hydrogens is 184 g/mol. The lowest BCUT2D eigenvalue weighted by molar-refractivity contribution is 0.0663. The molecule has 0 saturated heterocycles. The highest BCUT2D eigenvalue weighted by Crippen LogP contribution is 2.17. The van der Waals surface area contributed by atoms with E-state index in [9.17, 15) is 4.79 Å². The van der Waals surface area contributed by atoms with Gasteiger partial charge in [-0.25, -0.2) is 4.79 Å². The van der Waals surface area contributed by atoms with Crippen LogP contribution in [0.15, 0.2) is 16.5 Å². The summed E-state index contributed by atoms with van der Waals surface area (Å²) in [4.78, 5) is 12.2. The van der Waals surface area contributed by atoms with Gasteiger partial charge in [-0.3, -0.25) is 0 Å². The summed E-state index contributed by atoms with van der Waals surface area (Å²) in [6.45, 7) is 0.517. The van der Waals surface area contributed by atoms with E-state index in [1.807, 2.05) is 6.07 Å². The molecular formula is C9H10N2O3. The number of furan rings is 1. The van der Waals surface area contributed by atoms with Crippen LogP contribution in [-0.2, 0) is 0 Å². The predicted octanol–water partition coefficient (Wildman–Crippen LogP) is 1.33. The third-order valence-electron chi connectivity index (χ3n) is 1.74. The Balaban J connectivity index is 2.67. The van der Waals surface area contributed by atoms with Gasteiger partial charge in [-0.2, -0.15) is 5.26 Å². The number of carbonyl (C=O) groups is 1. The fourth-order valence-corrected chi connectivity index (χ4v) is 0.976. The average Bonchev–Trinajstić information content (AvgIpc) is 2.62. The van der Waals surface area contributed by atoms with E-state index in [1.165, 1.54) is 6.07 Å². The minimum Gasteiger partial charge on any atom is -0.475 e. The van der Waals surface area contributed by atoms with Crippen LogP contribution in [0.1, 0.15) is 17.0 Å². The average molecular weight is 194 g/mol. The zero-order valence-corrected chi connectivity index (χ0v) is 7.73. The zero-order chi connectivity index (χ0) is 10.6. The predicted molar refractivity (Wildman–Crippen MR) is 49.2 cm³/mol. The molecule has 0 radical (unpaired) electrons. The van der Waals surface area contributed by atoms with Crippen LogP contribution in [0.5, 0.6) is 0 Å². The van der Waals surface area contributed by atoms with Crippen molar-refractivity contribution in [1.29, 1.82) is 5.26 Å². The van der Waals surface area contributed by atoms with Crippen molar-refractivity contribution in [1.82, 2.24) is 0 Å². The fourth-order valence-electron chi connectivity index (χ4n) is 0.976. The van der Waals surface area contributed by atoms with E-state index in [0.29, 0.717) is 18.8 Å². The van der Waals surface area contributed by atoms with Crippen molar-refractivity contribution in [3.63, 3.8) is 0 Å². The third-order valence-corrected chi connectivity index (χ3v) is 1.74. The Kier molecular flexibility index (Phi) is 3.13. The number of aromatic carboxylic acids is 1. The summed E-state index contributed by atoms with van der Waals surface area (Å²) in [6.07, 6.45) is 0.375. The highest BCUT2D eigenvalue weighted by atomic mass is 16.4. The second kappa shape index (κ2) is 4.33. The summed E-state index contributed by atoms with van der Waals surface area (Å²) in [5.41, 5.74) is 0. The number of hydrogen-bond donors (Lipinski definition) is 1.